The second-order valence-corrected chi connectivity index (χ2v) is 7.24. The molecule has 0 aromatic carbocycles. The van der Waals surface area contributed by atoms with Crippen LogP contribution in [0.1, 0.15) is 19.1 Å². The van der Waals surface area contributed by atoms with E-state index in [2.05, 4.69) is 37.9 Å². The van der Waals surface area contributed by atoms with E-state index in [-0.39, 0.29) is 9.56 Å². The molecule has 0 saturated carbocycles. The van der Waals surface area contributed by atoms with E-state index in [1.165, 1.54) is 23.6 Å². The van der Waals surface area contributed by atoms with Gasteiger partial charge in [0.2, 0.25) is 0 Å². The topological polar surface area (TPSA) is 84.2 Å². The van der Waals surface area contributed by atoms with Crippen LogP contribution in [0.25, 0.3) is 0 Å². The third-order valence-electron chi connectivity index (χ3n) is 2.38. The summed E-state index contributed by atoms with van der Waals surface area (Å²) in [6.07, 6.45) is 2.53. The SMILES string of the molecule is CCCNCc1cc(S(=O)(=O)Nc2nccs2)c(Br)o1. The molecule has 0 aliphatic carbocycles. The van der Waals surface area contributed by atoms with E-state index in [1.807, 2.05) is 0 Å². The van der Waals surface area contributed by atoms with Crippen LogP contribution in [0.5, 0.6) is 0 Å². The lowest BCUT2D eigenvalue weighted by atomic mass is 10.4. The van der Waals surface area contributed by atoms with E-state index in [1.54, 1.807) is 5.38 Å². The third-order valence-corrected chi connectivity index (χ3v) is 5.39. The maximum absolute atomic E-state index is 12.2. The van der Waals surface area contributed by atoms with Crippen molar-refractivity contribution in [3.63, 3.8) is 0 Å². The Morgan fingerprint density at radius 1 is 1.50 bits per heavy atom. The second kappa shape index (κ2) is 6.70. The van der Waals surface area contributed by atoms with Crippen molar-refractivity contribution in [3.8, 4) is 0 Å². The number of hydrogen-bond donors (Lipinski definition) is 2. The molecule has 2 N–H and O–H groups in total. The van der Waals surface area contributed by atoms with Crippen LogP contribution in [0, 0.1) is 0 Å². The minimum atomic E-state index is -3.69. The fourth-order valence-electron chi connectivity index (χ4n) is 1.50. The van der Waals surface area contributed by atoms with Gasteiger partial charge in [0.1, 0.15) is 10.7 Å². The lowest BCUT2D eigenvalue weighted by molar-refractivity contribution is 0.461. The van der Waals surface area contributed by atoms with E-state index in [4.69, 9.17) is 4.42 Å². The van der Waals surface area contributed by atoms with Crippen molar-refractivity contribution in [2.24, 2.45) is 0 Å². The largest absolute Gasteiger partial charge is 0.451 e. The van der Waals surface area contributed by atoms with E-state index in [0.29, 0.717) is 17.4 Å². The highest BCUT2D eigenvalue weighted by molar-refractivity contribution is 9.10. The Bertz CT molecular complexity index is 653. The maximum atomic E-state index is 12.2. The second-order valence-electron chi connectivity index (χ2n) is 3.97. The average molecular weight is 380 g/mol. The molecular formula is C11H14BrN3O3S2. The summed E-state index contributed by atoms with van der Waals surface area (Å²) in [5, 5.41) is 5.17. The Labute approximate surface area is 129 Å². The number of halogens is 1. The van der Waals surface area contributed by atoms with Crippen molar-refractivity contribution in [1.82, 2.24) is 10.3 Å². The van der Waals surface area contributed by atoms with Gasteiger partial charge in [0.15, 0.2) is 9.80 Å². The van der Waals surface area contributed by atoms with Crippen molar-refractivity contribution in [3.05, 3.63) is 28.1 Å². The van der Waals surface area contributed by atoms with Crippen molar-refractivity contribution < 1.29 is 12.8 Å². The number of aromatic nitrogens is 1. The first-order chi connectivity index (χ1) is 9.53. The number of anilines is 1. The molecule has 0 saturated heterocycles. The zero-order valence-electron chi connectivity index (χ0n) is 10.7. The normalized spacial score (nSPS) is 11.7. The minimum Gasteiger partial charge on any atom is -0.451 e. The molecule has 110 valence electrons. The highest BCUT2D eigenvalue weighted by Gasteiger charge is 2.23. The molecule has 2 aromatic rings. The molecule has 20 heavy (non-hydrogen) atoms. The van der Waals surface area contributed by atoms with Crippen molar-refractivity contribution in [2.75, 3.05) is 11.3 Å². The van der Waals surface area contributed by atoms with Gasteiger partial charge in [-0.25, -0.2) is 13.4 Å². The first kappa shape index (κ1) is 15.5. The number of rotatable bonds is 7. The zero-order valence-corrected chi connectivity index (χ0v) is 13.9. The molecule has 0 radical (unpaired) electrons. The van der Waals surface area contributed by atoms with E-state index in [9.17, 15) is 8.42 Å². The van der Waals surface area contributed by atoms with Crippen LogP contribution in [0.15, 0.2) is 31.6 Å². The quantitative estimate of drug-likeness (QED) is 0.722. The number of hydrogen-bond acceptors (Lipinski definition) is 6. The molecule has 9 heteroatoms. The van der Waals surface area contributed by atoms with Crippen LogP contribution in [-0.4, -0.2) is 19.9 Å². The van der Waals surface area contributed by atoms with Crippen LogP contribution in [-0.2, 0) is 16.6 Å². The maximum Gasteiger partial charge on any atom is 0.268 e. The number of sulfonamides is 1. The van der Waals surface area contributed by atoms with Gasteiger partial charge in [0.05, 0.1) is 6.54 Å². The molecular weight excluding hydrogens is 366 g/mol. The number of nitrogens with one attached hydrogen (secondary N) is 2. The number of nitrogens with zero attached hydrogens (tertiary/aromatic N) is 1. The highest BCUT2D eigenvalue weighted by Crippen LogP contribution is 2.28. The molecule has 6 nitrogen and oxygen atoms in total. The Balaban J connectivity index is 2.15. The Hall–Kier alpha value is -0.900. The molecule has 0 amide bonds. The summed E-state index contributed by atoms with van der Waals surface area (Å²) in [6, 6.07) is 1.50. The summed E-state index contributed by atoms with van der Waals surface area (Å²) in [6.45, 7) is 3.38. The van der Waals surface area contributed by atoms with Gasteiger partial charge in [-0.2, -0.15) is 0 Å². The van der Waals surface area contributed by atoms with Gasteiger partial charge < -0.3 is 9.73 Å². The van der Waals surface area contributed by atoms with Crippen LogP contribution in [0.3, 0.4) is 0 Å². The predicted octanol–water partition coefficient (Wildman–Crippen LogP) is 2.80. The van der Waals surface area contributed by atoms with Crippen LogP contribution < -0.4 is 10.0 Å². The van der Waals surface area contributed by atoms with Crippen molar-refractivity contribution in [1.29, 1.82) is 0 Å². The van der Waals surface area contributed by atoms with Gasteiger partial charge in [-0.1, -0.05) is 6.92 Å². The molecule has 0 aliphatic heterocycles. The third kappa shape index (κ3) is 3.81. The summed E-state index contributed by atoms with van der Waals surface area (Å²) in [5.74, 6) is 0.560. The van der Waals surface area contributed by atoms with Gasteiger partial charge in [-0.3, -0.25) is 4.72 Å². The van der Waals surface area contributed by atoms with E-state index in [0.717, 1.165) is 13.0 Å². The lowest BCUT2D eigenvalue weighted by Crippen LogP contribution is -2.14. The molecule has 0 unspecified atom stereocenters. The molecule has 0 aliphatic rings. The molecule has 0 bridgehead atoms. The Morgan fingerprint density at radius 2 is 2.30 bits per heavy atom. The molecule has 2 aromatic heterocycles. The fraction of sp³-hybridized carbons (Fsp3) is 0.364. The summed E-state index contributed by atoms with van der Waals surface area (Å²) < 4.78 is 32.4. The molecule has 0 spiro atoms. The van der Waals surface area contributed by atoms with E-state index >= 15 is 0 Å². The van der Waals surface area contributed by atoms with Crippen LogP contribution in [0.4, 0.5) is 5.13 Å². The Kier molecular flexibility index (Phi) is 5.19. The Morgan fingerprint density at radius 3 is 2.95 bits per heavy atom. The zero-order chi connectivity index (χ0) is 14.6. The molecule has 0 fully saturated rings. The smallest absolute Gasteiger partial charge is 0.268 e. The summed E-state index contributed by atoms with van der Waals surface area (Å²) in [7, 11) is -3.69. The van der Waals surface area contributed by atoms with Gasteiger partial charge in [0.25, 0.3) is 10.0 Å². The van der Waals surface area contributed by atoms with Gasteiger partial charge in [-0.05, 0) is 28.9 Å². The van der Waals surface area contributed by atoms with Crippen molar-refractivity contribution >= 4 is 42.4 Å². The highest BCUT2D eigenvalue weighted by atomic mass is 79.9. The van der Waals surface area contributed by atoms with Crippen LogP contribution >= 0.6 is 27.3 Å². The lowest BCUT2D eigenvalue weighted by Gasteiger charge is -2.02. The fourth-order valence-corrected chi connectivity index (χ4v) is 4.29. The van der Waals surface area contributed by atoms with Gasteiger partial charge in [0, 0.05) is 17.6 Å². The van der Waals surface area contributed by atoms with E-state index < -0.39 is 10.0 Å². The average Bonchev–Trinajstić information content (AvgIpc) is 2.99. The monoisotopic (exact) mass is 379 g/mol. The summed E-state index contributed by atoms with van der Waals surface area (Å²) in [4.78, 5) is 3.96. The molecule has 2 rings (SSSR count). The minimum absolute atomic E-state index is 0.0704. The standard InChI is InChI=1S/C11H14BrN3O3S2/c1-2-3-13-7-8-6-9(10(12)18-8)20(16,17)15-11-14-4-5-19-11/h4-6,13H,2-3,7H2,1H3,(H,14,15). The first-order valence-electron chi connectivity index (χ1n) is 5.94. The number of thiazole rings is 1. The summed E-state index contributed by atoms with van der Waals surface area (Å²) >= 11 is 4.35. The number of furan rings is 1. The summed E-state index contributed by atoms with van der Waals surface area (Å²) in [5.41, 5.74) is 0. The first-order valence-corrected chi connectivity index (χ1v) is 9.09. The molecule has 0 atom stereocenters. The van der Waals surface area contributed by atoms with Crippen LogP contribution in [0.2, 0.25) is 0 Å². The van der Waals surface area contributed by atoms with Gasteiger partial charge >= 0.3 is 0 Å². The van der Waals surface area contributed by atoms with Gasteiger partial charge in [-0.15, -0.1) is 11.3 Å². The molecule has 2 heterocycles. The van der Waals surface area contributed by atoms with Crippen molar-refractivity contribution in [2.45, 2.75) is 24.8 Å². The predicted molar refractivity (Wildman–Crippen MR) is 81.3 cm³/mol.